The van der Waals surface area contributed by atoms with E-state index in [1.165, 1.54) is 0 Å². The standard InChI is InChI=1S/C13H21N3/c1-12(2)8-10(9-13(3,4)16-12)11-14-6-5-7-15-11/h5-7,10,16H,8-9H2,1-4H3. The van der Waals surface area contributed by atoms with Crippen molar-refractivity contribution in [1.82, 2.24) is 15.3 Å². The topological polar surface area (TPSA) is 37.8 Å². The molecule has 0 amide bonds. The van der Waals surface area contributed by atoms with Crippen LogP contribution in [0.4, 0.5) is 0 Å². The van der Waals surface area contributed by atoms with E-state index in [1.807, 2.05) is 18.5 Å². The van der Waals surface area contributed by atoms with Gasteiger partial charge in [0.1, 0.15) is 5.82 Å². The van der Waals surface area contributed by atoms with Crippen LogP contribution in [0.5, 0.6) is 0 Å². The van der Waals surface area contributed by atoms with Gasteiger partial charge in [-0.15, -0.1) is 0 Å². The average molecular weight is 219 g/mol. The molecular weight excluding hydrogens is 198 g/mol. The van der Waals surface area contributed by atoms with Gasteiger partial charge in [0.25, 0.3) is 0 Å². The summed E-state index contributed by atoms with van der Waals surface area (Å²) < 4.78 is 0. The van der Waals surface area contributed by atoms with Crippen LogP contribution in [0.1, 0.15) is 52.3 Å². The smallest absolute Gasteiger partial charge is 0.131 e. The average Bonchev–Trinajstić information content (AvgIpc) is 2.14. The molecule has 0 saturated carbocycles. The molecular formula is C13H21N3. The Morgan fingerprint density at radius 2 is 1.56 bits per heavy atom. The van der Waals surface area contributed by atoms with Gasteiger partial charge < -0.3 is 5.32 Å². The fourth-order valence-corrected chi connectivity index (χ4v) is 3.03. The summed E-state index contributed by atoms with van der Waals surface area (Å²) in [4.78, 5) is 8.79. The predicted molar refractivity (Wildman–Crippen MR) is 65.3 cm³/mol. The lowest BCUT2D eigenvalue weighted by Gasteiger charge is -2.46. The minimum atomic E-state index is 0.158. The number of nitrogens with zero attached hydrogens (tertiary/aromatic N) is 2. The van der Waals surface area contributed by atoms with Crippen molar-refractivity contribution in [1.29, 1.82) is 0 Å². The van der Waals surface area contributed by atoms with Gasteiger partial charge in [0, 0.05) is 29.4 Å². The van der Waals surface area contributed by atoms with E-state index in [2.05, 4.69) is 43.0 Å². The lowest BCUT2D eigenvalue weighted by molar-refractivity contribution is 0.158. The third kappa shape index (κ3) is 2.59. The molecule has 0 radical (unpaired) electrons. The molecule has 1 fully saturated rings. The second-order valence-electron chi connectivity index (χ2n) is 6.10. The Labute approximate surface area is 97.7 Å². The van der Waals surface area contributed by atoms with E-state index in [-0.39, 0.29) is 11.1 Å². The zero-order valence-corrected chi connectivity index (χ0v) is 10.6. The number of piperidine rings is 1. The molecule has 3 nitrogen and oxygen atoms in total. The molecule has 2 rings (SSSR count). The Morgan fingerprint density at radius 3 is 2.06 bits per heavy atom. The fraction of sp³-hybridized carbons (Fsp3) is 0.692. The summed E-state index contributed by atoms with van der Waals surface area (Å²) in [7, 11) is 0. The second-order valence-corrected chi connectivity index (χ2v) is 6.10. The Hall–Kier alpha value is -0.960. The summed E-state index contributed by atoms with van der Waals surface area (Å²) in [5.74, 6) is 1.46. The summed E-state index contributed by atoms with van der Waals surface area (Å²) in [6, 6.07) is 1.88. The van der Waals surface area contributed by atoms with Crippen LogP contribution in [0.15, 0.2) is 18.5 Å². The van der Waals surface area contributed by atoms with Crippen LogP contribution in [-0.2, 0) is 0 Å². The highest BCUT2D eigenvalue weighted by atomic mass is 15.1. The monoisotopic (exact) mass is 219 g/mol. The number of nitrogens with one attached hydrogen (secondary N) is 1. The highest BCUT2D eigenvalue weighted by Gasteiger charge is 2.39. The summed E-state index contributed by atoms with van der Waals surface area (Å²) in [6.45, 7) is 9.02. The summed E-state index contributed by atoms with van der Waals surface area (Å²) in [6.07, 6.45) is 5.87. The summed E-state index contributed by atoms with van der Waals surface area (Å²) in [5.41, 5.74) is 0.317. The number of aromatic nitrogens is 2. The number of hydrogen-bond donors (Lipinski definition) is 1. The third-order valence-corrected chi connectivity index (χ3v) is 3.14. The van der Waals surface area contributed by atoms with E-state index >= 15 is 0 Å². The van der Waals surface area contributed by atoms with Crippen LogP contribution in [0.2, 0.25) is 0 Å². The van der Waals surface area contributed by atoms with Crippen LogP contribution in [0, 0.1) is 0 Å². The molecule has 1 aliphatic rings. The van der Waals surface area contributed by atoms with E-state index in [1.54, 1.807) is 0 Å². The van der Waals surface area contributed by atoms with Crippen molar-refractivity contribution in [3.8, 4) is 0 Å². The van der Waals surface area contributed by atoms with Crippen molar-refractivity contribution < 1.29 is 0 Å². The van der Waals surface area contributed by atoms with Gasteiger partial charge in [0.2, 0.25) is 0 Å². The quantitative estimate of drug-likeness (QED) is 0.788. The van der Waals surface area contributed by atoms with Crippen molar-refractivity contribution in [2.24, 2.45) is 0 Å². The normalized spacial score (nSPS) is 24.2. The first-order valence-electron chi connectivity index (χ1n) is 5.94. The molecule has 0 bridgehead atoms. The number of hydrogen-bond acceptors (Lipinski definition) is 3. The molecule has 0 aromatic carbocycles. The van der Waals surface area contributed by atoms with Crippen molar-refractivity contribution in [3.05, 3.63) is 24.3 Å². The Balaban J connectivity index is 2.23. The zero-order valence-electron chi connectivity index (χ0n) is 10.6. The van der Waals surface area contributed by atoms with Crippen molar-refractivity contribution >= 4 is 0 Å². The minimum absolute atomic E-state index is 0.158. The molecule has 3 heteroatoms. The van der Waals surface area contributed by atoms with E-state index in [4.69, 9.17) is 0 Å². The zero-order chi connectivity index (χ0) is 11.8. The Kier molecular flexibility index (Phi) is 2.74. The molecule has 1 saturated heterocycles. The first kappa shape index (κ1) is 11.5. The van der Waals surface area contributed by atoms with Crippen LogP contribution in [-0.4, -0.2) is 21.0 Å². The van der Waals surface area contributed by atoms with E-state index in [0.717, 1.165) is 18.7 Å². The highest BCUT2D eigenvalue weighted by molar-refractivity contribution is 5.08. The third-order valence-electron chi connectivity index (χ3n) is 3.14. The van der Waals surface area contributed by atoms with Crippen LogP contribution in [0.25, 0.3) is 0 Å². The van der Waals surface area contributed by atoms with E-state index < -0.39 is 0 Å². The first-order valence-corrected chi connectivity index (χ1v) is 5.94. The van der Waals surface area contributed by atoms with Crippen LogP contribution in [0.3, 0.4) is 0 Å². The second kappa shape index (κ2) is 3.81. The number of rotatable bonds is 1. The van der Waals surface area contributed by atoms with Gasteiger partial charge in [-0.3, -0.25) is 0 Å². The maximum absolute atomic E-state index is 4.39. The van der Waals surface area contributed by atoms with Gasteiger partial charge in [-0.25, -0.2) is 9.97 Å². The molecule has 1 N–H and O–H groups in total. The molecule has 0 aliphatic carbocycles. The Morgan fingerprint density at radius 1 is 1.06 bits per heavy atom. The molecule has 1 aromatic heterocycles. The van der Waals surface area contributed by atoms with Gasteiger partial charge in [-0.05, 0) is 46.6 Å². The lowest BCUT2D eigenvalue weighted by atomic mass is 9.75. The molecule has 2 heterocycles. The van der Waals surface area contributed by atoms with Crippen molar-refractivity contribution in [2.75, 3.05) is 0 Å². The fourth-order valence-electron chi connectivity index (χ4n) is 3.03. The van der Waals surface area contributed by atoms with Gasteiger partial charge in [0.05, 0.1) is 0 Å². The minimum Gasteiger partial charge on any atom is -0.307 e. The largest absolute Gasteiger partial charge is 0.307 e. The van der Waals surface area contributed by atoms with Gasteiger partial charge in [-0.2, -0.15) is 0 Å². The summed E-state index contributed by atoms with van der Waals surface area (Å²) in [5, 5.41) is 3.68. The van der Waals surface area contributed by atoms with Crippen LogP contribution < -0.4 is 5.32 Å². The molecule has 1 aromatic rings. The molecule has 16 heavy (non-hydrogen) atoms. The Bertz CT molecular complexity index is 341. The van der Waals surface area contributed by atoms with E-state index in [9.17, 15) is 0 Å². The van der Waals surface area contributed by atoms with Gasteiger partial charge >= 0.3 is 0 Å². The molecule has 0 atom stereocenters. The van der Waals surface area contributed by atoms with Gasteiger partial charge in [-0.1, -0.05) is 0 Å². The van der Waals surface area contributed by atoms with Crippen molar-refractivity contribution in [2.45, 2.75) is 57.5 Å². The lowest BCUT2D eigenvalue weighted by Crippen LogP contribution is -2.57. The molecule has 0 spiro atoms. The molecule has 88 valence electrons. The SMILES string of the molecule is CC1(C)CC(c2ncccn2)CC(C)(C)N1. The maximum Gasteiger partial charge on any atom is 0.131 e. The van der Waals surface area contributed by atoms with Crippen molar-refractivity contribution in [3.63, 3.8) is 0 Å². The van der Waals surface area contributed by atoms with Crippen LogP contribution >= 0.6 is 0 Å². The first-order chi connectivity index (χ1) is 7.38. The highest BCUT2D eigenvalue weighted by Crippen LogP contribution is 2.37. The van der Waals surface area contributed by atoms with E-state index in [0.29, 0.717) is 5.92 Å². The predicted octanol–water partition coefficient (Wildman–Crippen LogP) is 2.50. The van der Waals surface area contributed by atoms with Gasteiger partial charge in [0.15, 0.2) is 0 Å². The summed E-state index contributed by atoms with van der Waals surface area (Å²) >= 11 is 0. The molecule has 0 unspecified atom stereocenters. The molecule has 1 aliphatic heterocycles. The maximum atomic E-state index is 4.39.